The van der Waals surface area contributed by atoms with Gasteiger partial charge in [-0.15, -0.1) is 0 Å². The third-order valence-electron chi connectivity index (χ3n) is 3.13. The number of carbonyl (C=O) groups is 1. The standard InChI is InChI=1S/C14H14ClN3O3/c15-11-4-2-1-3-10(11)13-17-14(21-18-13)20-8-12(19)16-7-9-5-6-9/h1-4,9H,5-8H2,(H,16,19). The van der Waals surface area contributed by atoms with Crippen LogP contribution in [0.3, 0.4) is 0 Å². The molecule has 1 aliphatic rings. The predicted molar refractivity (Wildman–Crippen MR) is 76.0 cm³/mol. The Morgan fingerprint density at radius 3 is 3.00 bits per heavy atom. The average molecular weight is 308 g/mol. The highest BCUT2D eigenvalue weighted by Gasteiger charge is 2.21. The van der Waals surface area contributed by atoms with Gasteiger partial charge in [0.25, 0.3) is 5.91 Å². The number of amides is 1. The number of aromatic nitrogens is 2. The topological polar surface area (TPSA) is 77.2 Å². The lowest BCUT2D eigenvalue weighted by atomic mass is 10.2. The lowest BCUT2D eigenvalue weighted by molar-refractivity contribution is -0.123. The van der Waals surface area contributed by atoms with Gasteiger partial charge in [-0.2, -0.15) is 4.98 Å². The molecule has 1 saturated carbocycles. The Hall–Kier alpha value is -2.08. The van der Waals surface area contributed by atoms with Gasteiger partial charge in [-0.05, 0) is 30.9 Å². The first-order valence-corrected chi connectivity index (χ1v) is 7.08. The number of hydrogen-bond acceptors (Lipinski definition) is 5. The van der Waals surface area contributed by atoms with Crippen molar-refractivity contribution >= 4 is 17.5 Å². The van der Waals surface area contributed by atoms with Crippen molar-refractivity contribution < 1.29 is 14.1 Å². The molecule has 0 spiro atoms. The second-order valence-corrected chi connectivity index (χ2v) is 5.31. The van der Waals surface area contributed by atoms with Crippen LogP contribution in [0.1, 0.15) is 12.8 Å². The molecule has 0 radical (unpaired) electrons. The van der Waals surface area contributed by atoms with Gasteiger partial charge in [0.15, 0.2) is 6.61 Å². The summed E-state index contributed by atoms with van der Waals surface area (Å²) in [6, 6.07) is 7.15. The minimum atomic E-state index is -0.195. The van der Waals surface area contributed by atoms with Crippen LogP contribution in [-0.4, -0.2) is 29.2 Å². The normalized spacial score (nSPS) is 14.0. The number of nitrogens with zero attached hydrogens (tertiary/aromatic N) is 2. The molecule has 7 heteroatoms. The maximum Gasteiger partial charge on any atom is 0.418 e. The molecule has 2 aromatic rings. The van der Waals surface area contributed by atoms with E-state index >= 15 is 0 Å². The molecule has 1 fully saturated rings. The number of rotatable bonds is 6. The Bertz CT molecular complexity index is 640. The van der Waals surface area contributed by atoms with Crippen LogP contribution in [0.5, 0.6) is 6.08 Å². The first-order valence-electron chi connectivity index (χ1n) is 6.70. The van der Waals surface area contributed by atoms with Gasteiger partial charge in [-0.25, -0.2) is 0 Å². The van der Waals surface area contributed by atoms with E-state index in [1.165, 1.54) is 12.8 Å². The van der Waals surface area contributed by atoms with Crippen LogP contribution in [0, 0.1) is 5.92 Å². The van der Waals surface area contributed by atoms with E-state index in [9.17, 15) is 4.79 Å². The summed E-state index contributed by atoms with van der Waals surface area (Å²) >= 11 is 6.05. The molecule has 0 saturated heterocycles. The number of benzene rings is 1. The van der Waals surface area contributed by atoms with Gasteiger partial charge in [-0.1, -0.05) is 28.9 Å². The van der Waals surface area contributed by atoms with E-state index in [2.05, 4.69) is 15.5 Å². The van der Waals surface area contributed by atoms with E-state index < -0.39 is 0 Å². The van der Waals surface area contributed by atoms with Gasteiger partial charge in [0.1, 0.15) is 0 Å². The van der Waals surface area contributed by atoms with Gasteiger partial charge in [0, 0.05) is 12.1 Å². The molecule has 1 aromatic heterocycles. The van der Waals surface area contributed by atoms with Crippen molar-refractivity contribution in [2.75, 3.05) is 13.2 Å². The first kappa shape index (κ1) is 13.9. The lowest BCUT2D eigenvalue weighted by Crippen LogP contribution is -2.30. The van der Waals surface area contributed by atoms with Gasteiger partial charge < -0.3 is 10.1 Å². The Balaban J connectivity index is 1.55. The van der Waals surface area contributed by atoms with Crippen LogP contribution < -0.4 is 10.1 Å². The largest absolute Gasteiger partial charge is 0.439 e. The summed E-state index contributed by atoms with van der Waals surface area (Å²) in [7, 11) is 0. The highest BCUT2D eigenvalue weighted by Crippen LogP contribution is 2.27. The summed E-state index contributed by atoms with van der Waals surface area (Å²) in [5.74, 6) is 0.762. The van der Waals surface area contributed by atoms with Crippen LogP contribution in [0.25, 0.3) is 11.4 Å². The fraction of sp³-hybridized carbons (Fsp3) is 0.357. The smallest absolute Gasteiger partial charge is 0.418 e. The molecule has 1 aromatic carbocycles. The van der Waals surface area contributed by atoms with E-state index in [4.69, 9.17) is 20.9 Å². The average Bonchev–Trinajstić information content (AvgIpc) is 3.20. The van der Waals surface area contributed by atoms with Crippen molar-refractivity contribution in [2.45, 2.75) is 12.8 Å². The van der Waals surface area contributed by atoms with Crippen molar-refractivity contribution in [3.05, 3.63) is 29.3 Å². The monoisotopic (exact) mass is 307 g/mol. The Morgan fingerprint density at radius 2 is 2.24 bits per heavy atom. The van der Waals surface area contributed by atoms with Gasteiger partial charge in [-0.3, -0.25) is 9.32 Å². The molecule has 110 valence electrons. The minimum absolute atomic E-state index is 0.0495. The third-order valence-corrected chi connectivity index (χ3v) is 3.46. The molecule has 21 heavy (non-hydrogen) atoms. The van der Waals surface area contributed by atoms with Crippen LogP contribution in [-0.2, 0) is 4.79 Å². The van der Waals surface area contributed by atoms with Crippen molar-refractivity contribution in [1.29, 1.82) is 0 Å². The maximum absolute atomic E-state index is 11.5. The van der Waals surface area contributed by atoms with Gasteiger partial charge in [0.2, 0.25) is 5.82 Å². The number of halogens is 1. The fourth-order valence-corrected chi connectivity index (χ4v) is 2.00. The van der Waals surface area contributed by atoms with E-state index in [0.29, 0.717) is 28.9 Å². The number of hydrogen-bond donors (Lipinski definition) is 1. The van der Waals surface area contributed by atoms with Gasteiger partial charge in [0.05, 0.1) is 5.02 Å². The molecular formula is C14H14ClN3O3. The van der Waals surface area contributed by atoms with Crippen LogP contribution >= 0.6 is 11.6 Å². The second kappa shape index (κ2) is 6.13. The quantitative estimate of drug-likeness (QED) is 0.886. The van der Waals surface area contributed by atoms with Crippen LogP contribution in [0.15, 0.2) is 28.8 Å². The van der Waals surface area contributed by atoms with Crippen molar-refractivity contribution in [3.8, 4) is 17.5 Å². The molecule has 1 N–H and O–H groups in total. The zero-order chi connectivity index (χ0) is 14.7. The molecule has 0 unspecified atom stereocenters. The highest BCUT2D eigenvalue weighted by molar-refractivity contribution is 6.33. The van der Waals surface area contributed by atoms with Crippen molar-refractivity contribution in [3.63, 3.8) is 0 Å². The summed E-state index contributed by atoms with van der Waals surface area (Å²) in [5.41, 5.74) is 0.649. The SMILES string of the molecule is O=C(COc1nc(-c2ccccc2Cl)no1)NCC1CC1. The molecule has 1 aliphatic carbocycles. The van der Waals surface area contributed by atoms with Crippen LogP contribution in [0.4, 0.5) is 0 Å². The van der Waals surface area contributed by atoms with Crippen LogP contribution in [0.2, 0.25) is 5.02 Å². The Labute approximate surface area is 126 Å². The van der Waals surface area contributed by atoms with E-state index in [1.54, 1.807) is 12.1 Å². The Kier molecular flexibility index (Phi) is 4.06. The summed E-state index contributed by atoms with van der Waals surface area (Å²) in [5, 5.41) is 7.09. The molecular weight excluding hydrogens is 294 g/mol. The molecule has 0 aliphatic heterocycles. The third kappa shape index (κ3) is 3.72. The molecule has 6 nitrogen and oxygen atoms in total. The van der Waals surface area contributed by atoms with Gasteiger partial charge >= 0.3 is 6.08 Å². The Morgan fingerprint density at radius 1 is 1.43 bits per heavy atom. The van der Waals surface area contributed by atoms with E-state index in [1.807, 2.05) is 12.1 Å². The zero-order valence-electron chi connectivity index (χ0n) is 11.2. The molecule has 1 amide bonds. The zero-order valence-corrected chi connectivity index (χ0v) is 12.0. The fourth-order valence-electron chi connectivity index (χ4n) is 1.78. The summed E-state index contributed by atoms with van der Waals surface area (Å²) in [6.45, 7) is 0.563. The summed E-state index contributed by atoms with van der Waals surface area (Å²) in [6.07, 6.45) is 2.32. The summed E-state index contributed by atoms with van der Waals surface area (Å²) in [4.78, 5) is 15.6. The summed E-state index contributed by atoms with van der Waals surface area (Å²) < 4.78 is 10.1. The van der Waals surface area contributed by atoms with E-state index in [0.717, 1.165) is 0 Å². The highest BCUT2D eigenvalue weighted by atomic mass is 35.5. The van der Waals surface area contributed by atoms with Crippen molar-refractivity contribution in [2.24, 2.45) is 5.92 Å². The minimum Gasteiger partial charge on any atom is -0.439 e. The van der Waals surface area contributed by atoms with E-state index in [-0.39, 0.29) is 18.6 Å². The number of carbonyl (C=O) groups excluding carboxylic acids is 1. The molecule has 0 bridgehead atoms. The molecule has 1 heterocycles. The number of ether oxygens (including phenoxy) is 1. The maximum atomic E-state index is 11.5. The lowest BCUT2D eigenvalue weighted by Gasteiger charge is -2.02. The molecule has 0 atom stereocenters. The second-order valence-electron chi connectivity index (χ2n) is 4.90. The van der Waals surface area contributed by atoms with Crippen molar-refractivity contribution in [1.82, 2.24) is 15.5 Å². The predicted octanol–water partition coefficient (Wildman–Crippen LogP) is 2.29. The first-order chi connectivity index (χ1) is 10.2. The molecule has 3 rings (SSSR count). The number of nitrogens with one attached hydrogen (secondary N) is 1.